The lowest BCUT2D eigenvalue weighted by atomic mass is 10.3. The Kier molecular flexibility index (Phi) is 8.07. The van der Waals surface area contributed by atoms with Crippen molar-refractivity contribution in [1.82, 2.24) is 0 Å². The van der Waals surface area contributed by atoms with E-state index in [2.05, 4.69) is 0 Å². The molecule has 0 spiro atoms. The lowest BCUT2D eigenvalue weighted by Gasteiger charge is -2.03. The molecule has 0 aromatic rings. The van der Waals surface area contributed by atoms with Gasteiger partial charge in [0.15, 0.2) is 0 Å². The number of carboxylic acid groups (broad SMARTS) is 1. The third-order valence-electron chi connectivity index (χ3n) is 1.43. The largest absolute Gasteiger partial charge is 0.481 e. The number of ether oxygens (including phenoxy) is 2. The van der Waals surface area contributed by atoms with E-state index in [-0.39, 0.29) is 18.8 Å². The predicted octanol–water partition coefficient (Wildman–Crippen LogP) is 0.473. The fourth-order valence-electron chi connectivity index (χ4n) is 0.697. The molecule has 0 saturated carbocycles. The summed E-state index contributed by atoms with van der Waals surface area (Å²) in [6.45, 7) is 2.87. The van der Waals surface area contributed by atoms with Gasteiger partial charge in [0.1, 0.15) is 5.78 Å². The minimum absolute atomic E-state index is 0.00739. The van der Waals surface area contributed by atoms with Crippen LogP contribution >= 0.6 is 0 Å². The summed E-state index contributed by atoms with van der Waals surface area (Å²) in [6, 6.07) is 0. The normalized spacial score (nSPS) is 10.1. The summed E-state index contributed by atoms with van der Waals surface area (Å²) in [7, 11) is 0. The fraction of sp³-hybridized carbons (Fsp3) is 0.778. The molecule has 0 aliphatic heterocycles. The maximum Gasteiger partial charge on any atom is 0.305 e. The van der Waals surface area contributed by atoms with Crippen LogP contribution in [0.25, 0.3) is 0 Å². The van der Waals surface area contributed by atoms with Gasteiger partial charge in [-0.15, -0.1) is 0 Å². The highest BCUT2D eigenvalue weighted by Crippen LogP contribution is 1.86. The molecule has 5 heteroatoms. The molecule has 0 heterocycles. The van der Waals surface area contributed by atoms with Gasteiger partial charge in [-0.05, 0) is 6.92 Å². The van der Waals surface area contributed by atoms with Crippen molar-refractivity contribution in [2.45, 2.75) is 19.8 Å². The van der Waals surface area contributed by atoms with Gasteiger partial charge in [0.2, 0.25) is 0 Å². The third-order valence-corrected chi connectivity index (χ3v) is 1.43. The van der Waals surface area contributed by atoms with Crippen LogP contribution in [0.15, 0.2) is 0 Å². The first-order chi connectivity index (χ1) is 6.63. The van der Waals surface area contributed by atoms with Crippen molar-refractivity contribution in [3.63, 3.8) is 0 Å². The van der Waals surface area contributed by atoms with Crippen LogP contribution < -0.4 is 0 Å². The Morgan fingerprint density at radius 2 is 1.50 bits per heavy atom. The molecule has 0 atom stereocenters. The van der Waals surface area contributed by atoms with Gasteiger partial charge in [-0.2, -0.15) is 0 Å². The first kappa shape index (κ1) is 13.1. The molecule has 0 unspecified atom stereocenters. The van der Waals surface area contributed by atoms with Crippen LogP contribution in [0.4, 0.5) is 0 Å². The molecule has 1 N–H and O–H groups in total. The van der Waals surface area contributed by atoms with Crippen molar-refractivity contribution >= 4 is 11.8 Å². The monoisotopic (exact) mass is 204 g/mol. The summed E-state index contributed by atoms with van der Waals surface area (Å²) < 4.78 is 10.0. The molecule has 0 aromatic carbocycles. The minimum Gasteiger partial charge on any atom is -0.481 e. The summed E-state index contributed by atoms with van der Waals surface area (Å²) in [5.74, 6) is -0.778. The molecular weight excluding hydrogens is 188 g/mol. The molecule has 0 aromatic heterocycles. The highest BCUT2D eigenvalue weighted by atomic mass is 16.5. The van der Waals surface area contributed by atoms with Crippen LogP contribution in [0.5, 0.6) is 0 Å². The molecule has 14 heavy (non-hydrogen) atoms. The van der Waals surface area contributed by atoms with Gasteiger partial charge in [0, 0.05) is 6.42 Å². The van der Waals surface area contributed by atoms with Crippen molar-refractivity contribution < 1.29 is 24.2 Å². The smallest absolute Gasteiger partial charge is 0.305 e. The summed E-state index contributed by atoms with van der Waals surface area (Å²) in [5.41, 5.74) is 0. The van der Waals surface area contributed by atoms with Gasteiger partial charge in [-0.25, -0.2) is 0 Å². The van der Waals surface area contributed by atoms with Gasteiger partial charge < -0.3 is 14.6 Å². The predicted molar refractivity (Wildman–Crippen MR) is 49.2 cm³/mol. The molecule has 0 rings (SSSR count). The van der Waals surface area contributed by atoms with Gasteiger partial charge in [0.05, 0.1) is 32.8 Å². The second-order valence-electron chi connectivity index (χ2n) is 2.82. The lowest BCUT2D eigenvalue weighted by molar-refractivity contribution is -0.138. The highest BCUT2D eigenvalue weighted by Gasteiger charge is 1.96. The van der Waals surface area contributed by atoms with Crippen LogP contribution in [0.2, 0.25) is 0 Å². The average molecular weight is 204 g/mol. The number of Topliss-reactive ketones (excluding diaryl/α,β-unsaturated/α-hetero) is 1. The Morgan fingerprint density at radius 1 is 1.00 bits per heavy atom. The van der Waals surface area contributed by atoms with Crippen LogP contribution in [-0.2, 0) is 19.1 Å². The van der Waals surface area contributed by atoms with E-state index in [0.29, 0.717) is 26.2 Å². The Bertz CT molecular complexity index is 158. The van der Waals surface area contributed by atoms with E-state index in [4.69, 9.17) is 14.6 Å². The van der Waals surface area contributed by atoms with E-state index in [1.165, 1.54) is 6.92 Å². The number of aliphatic carboxylic acids is 1. The van der Waals surface area contributed by atoms with E-state index in [9.17, 15) is 9.59 Å². The van der Waals surface area contributed by atoms with Crippen molar-refractivity contribution in [3.05, 3.63) is 0 Å². The van der Waals surface area contributed by atoms with Crippen LogP contribution in [0, 0.1) is 0 Å². The van der Waals surface area contributed by atoms with Gasteiger partial charge in [-0.3, -0.25) is 9.59 Å². The molecule has 0 aliphatic rings. The van der Waals surface area contributed by atoms with Crippen molar-refractivity contribution in [3.8, 4) is 0 Å². The SMILES string of the molecule is CC(=O)CCOCCOCCC(=O)O. The summed E-state index contributed by atoms with van der Waals surface area (Å²) in [6.07, 6.45) is 0.419. The van der Waals surface area contributed by atoms with E-state index >= 15 is 0 Å². The molecule has 5 nitrogen and oxygen atoms in total. The summed E-state index contributed by atoms with van der Waals surface area (Å²) in [5, 5.41) is 8.27. The van der Waals surface area contributed by atoms with Gasteiger partial charge >= 0.3 is 5.97 Å². The van der Waals surface area contributed by atoms with Crippen molar-refractivity contribution in [2.24, 2.45) is 0 Å². The zero-order chi connectivity index (χ0) is 10.8. The standard InChI is InChI=1S/C9H16O5/c1-8(10)2-4-13-6-7-14-5-3-9(11)12/h2-7H2,1H3,(H,11,12). The Balaban J connectivity index is 2.99. The number of ketones is 1. The number of rotatable bonds is 9. The zero-order valence-corrected chi connectivity index (χ0v) is 8.32. The number of carbonyl (C=O) groups excluding carboxylic acids is 1. The third kappa shape index (κ3) is 11.1. The molecule has 0 bridgehead atoms. The molecule has 82 valence electrons. The molecule has 0 radical (unpaired) electrons. The zero-order valence-electron chi connectivity index (χ0n) is 8.32. The average Bonchev–Trinajstić information content (AvgIpc) is 2.08. The second kappa shape index (κ2) is 8.65. The Morgan fingerprint density at radius 3 is 1.93 bits per heavy atom. The number of carboxylic acids is 1. The number of hydrogen-bond donors (Lipinski definition) is 1. The topological polar surface area (TPSA) is 72.8 Å². The van der Waals surface area contributed by atoms with Crippen molar-refractivity contribution in [1.29, 1.82) is 0 Å². The molecule has 0 amide bonds. The number of hydrogen-bond acceptors (Lipinski definition) is 4. The quantitative estimate of drug-likeness (QED) is 0.553. The maximum atomic E-state index is 10.5. The molecule has 0 fully saturated rings. The number of carbonyl (C=O) groups is 2. The molecular formula is C9H16O5. The fourth-order valence-corrected chi connectivity index (χ4v) is 0.697. The van der Waals surface area contributed by atoms with Crippen LogP contribution in [0.3, 0.4) is 0 Å². The summed E-state index contributed by atoms with van der Waals surface area (Å²) in [4.78, 5) is 20.5. The summed E-state index contributed by atoms with van der Waals surface area (Å²) >= 11 is 0. The first-order valence-corrected chi connectivity index (χ1v) is 4.49. The minimum atomic E-state index is -0.873. The van der Waals surface area contributed by atoms with Crippen LogP contribution in [0.1, 0.15) is 19.8 Å². The first-order valence-electron chi connectivity index (χ1n) is 4.49. The van der Waals surface area contributed by atoms with E-state index in [1.807, 2.05) is 0 Å². The Labute approximate surface area is 83.0 Å². The van der Waals surface area contributed by atoms with Crippen LogP contribution in [-0.4, -0.2) is 43.3 Å². The second-order valence-corrected chi connectivity index (χ2v) is 2.82. The maximum absolute atomic E-state index is 10.5. The molecule has 0 aliphatic carbocycles. The lowest BCUT2D eigenvalue weighted by Crippen LogP contribution is -2.09. The van der Waals surface area contributed by atoms with E-state index in [0.717, 1.165) is 0 Å². The Hall–Kier alpha value is -0.940. The van der Waals surface area contributed by atoms with E-state index in [1.54, 1.807) is 0 Å². The highest BCUT2D eigenvalue weighted by molar-refractivity contribution is 5.75. The van der Waals surface area contributed by atoms with Gasteiger partial charge in [0.25, 0.3) is 0 Å². The van der Waals surface area contributed by atoms with Crippen molar-refractivity contribution in [2.75, 3.05) is 26.4 Å². The molecule has 0 saturated heterocycles. The van der Waals surface area contributed by atoms with Gasteiger partial charge in [-0.1, -0.05) is 0 Å². The van der Waals surface area contributed by atoms with E-state index < -0.39 is 5.97 Å².